The van der Waals surface area contributed by atoms with E-state index in [2.05, 4.69) is 28.7 Å². The lowest BCUT2D eigenvalue weighted by atomic mass is 9.52. The molecule has 1 aromatic carbocycles. The summed E-state index contributed by atoms with van der Waals surface area (Å²) in [6.45, 7) is 2.30. The highest BCUT2D eigenvalue weighted by Crippen LogP contribution is 2.59. The Kier molecular flexibility index (Phi) is 4.54. The number of aromatic nitrogens is 3. The summed E-state index contributed by atoms with van der Waals surface area (Å²) in [6.07, 6.45) is 13.4. The van der Waals surface area contributed by atoms with Crippen molar-refractivity contribution in [2.75, 3.05) is 0 Å². The van der Waals surface area contributed by atoms with Gasteiger partial charge < -0.3 is 9.67 Å². The Morgan fingerprint density at radius 2 is 1.62 bits per heavy atom. The van der Waals surface area contributed by atoms with E-state index >= 15 is 0 Å². The molecule has 0 amide bonds. The topological polar surface area (TPSA) is 50.9 Å². The van der Waals surface area contributed by atoms with Crippen molar-refractivity contribution in [1.29, 1.82) is 0 Å². The Hall–Kier alpha value is -1.84. The third-order valence-corrected chi connectivity index (χ3v) is 7.19. The monoisotopic (exact) mass is 353 g/mol. The van der Waals surface area contributed by atoms with Gasteiger partial charge in [-0.1, -0.05) is 26.2 Å². The van der Waals surface area contributed by atoms with Crippen molar-refractivity contribution in [3.8, 4) is 17.1 Å². The van der Waals surface area contributed by atoms with E-state index in [0.717, 1.165) is 11.4 Å². The molecule has 2 bridgehead atoms. The summed E-state index contributed by atoms with van der Waals surface area (Å²) >= 11 is 0. The van der Waals surface area contributed by atoms with Gasteiger partial charge in [0, 0.05) is 18.0 Å². The summed E-state index contributed by atoms with van der Waals surface area (Å²) in [7, 11) is 2.10. The summed E-state index contributed by atoms with van der Waals surface area (Å²) in [6, 6.07) is 7.27. The molecule has 0 atom stereocenters. The van der Waals surface area contributed by atoms with Crippen LogP contribution in [0.4, 0.5) is 0 Å². The van der Waals surface area contributed by atoms with Crippen LogP contribution in [-0.2, 0) is 12.5 Å². The standard InChI is InChI=1S/C22H31N3O/c1-3-4-5-10-21-11-14-22(15-12-21,16-13-21)20-24-23-19(25(20)2)17-6-8-18(26)9-7-17/h6-9,26H,3-5,10-16H2,1-2H3. The Labute approximate surface area is 156 Å². The predicted octanol–water partition coefficient (Wildman–Crippen LogP) is 5.36. The van der Waals surface area contributed by atoms with Gasteiger partial charge in [0.25, 0.3) is 0 Å². The van der Waals surface area contributed by atoms with Crippen LogP contribution in [0.25, 0.3) is 11.4 Å². The molecule has 5 rings (SSSR count). The number of aromatic hydroxyl groups is 1. The number of hydrogen-bond acceptors (Lipinski definition) is 3. The van der Waals surface area contributed by atoms with E-state index in [-0.39, 0.29) is 11.2 Å². The van der Waals surface area contributed by atoms with Gasteiger partial charge in [-0.2, -0.15) is 0 Å². The van der Waals surface area contributed by atoms with Crippen LogP contribution in [0.15, 0.2) is 24.3 Å². The lowest BCUT2D eigenvalue weighted by Gasteiger charge is -2.53. The third kappa shape index (κ3) is 2.93. The van der Waals surface area contributed by atoms with E-state index in [9.17, 15) is 5.11 Å². The molecule has 2 aromatic rings. The maximum atomic E-state index is 9.53. The van der Waals surface area contributed by atoms with Gasteiger partial charge >= 0.3 is 0 Å². The first kappa shape index (κ1) is 17.6. The molecular formula is C22H31N3O. The molecule has 0 radical (unpaired) electrons. The molecule has 3 saturated carbocycles. The van der Waals surface area contributed by atoms with Gasteiger partial charge in [-0.25, -0.2) is 0 Å². The van der Waals surface area contributed by atoms with Crippen LogP contribution in [0.2, 0.25) is 0 Å². The van der Waals surface area contributed by atoms with Crippen LogP contribution in [0, 0.1) is 5.41 Å². The second kappa shape index (κ2) is 6.71. The first-order valence-corrected chi connectivity index (χ1v) is 10.3. The van der Waals surface area contributed by atoms with Crippen molar-refractivity contribution in [2.24, 2.45) is 12.5 Å². The number of phenolic OH excluding ortho intramolecular Hbond substituents is 1. The molecule has 0 spiro atoms. The second-order valence-electron chi connectivity index (χ2n) is 8.69. The number of benzene rings is 1. The van der Waals surface area contributed by atoms with Crippen LogP contribution in [-0.4, -0.2) is 19.9 Å². The molecule has 26 heavy (non-hydrogen) atoms. The summed E-state index contributed by atoms with van der Waals surface area (Å²) in [5, 5.41) is 18.7. The summed E-state index contributed by atoms with van der Waals surface area (Å²) in [5.41, 5.74) is 1.86. The first-order chi connectivity index (χ1) is 12.6. The van der Waals surface area contributed by atoms with Gasteiger partial charge in [-0.15, -0.1) is 10.2 Å². The fraction of sp³-hybridized carbons (Fsp3) is 0.636. The Balaban J connectivity index is 1.54. The van der Waals surface area contributed by atoms with Crippen molar-refractivity contribution < 1.29 is 5.11 Å². The minimum absolute atomic E-state index is 0.226. The fourth-order valence-corrected chi connectivity index (χ4v) is 5.38. The number of phenols is 1. The SMILES string of the molecule is CCCCCC12CCC(c3nnc(-c4ccc(O)cc4)n3C)(CC1)CC2. The molecule has 1 N–H and O–H groups in total. The minimum Gasteiger partial charge on any atom is -0.508 e. The Morgan fingerprint density at radius 3 is 2.23 bits per heavy atom. The zero-order valence-corrected chi connectivity index (χ0v) is 16.2. The molecule has 0 aliphatic heterocycles. The largest absolute Gasteiger partial charge is 0.508 e. The maximum Gasteiger partial charge on any atom is 0.163 e. The molecule has 140 valence electrons. The van der Waals surface area contributed by atoms with E-state index in [0.29, 0.717) is 5.41 Å². The second-order valence-corrected chi connectivity index (χ2v) is 8.69. The lowest BCUT2D eigenvalue weighted by molar-refractivity contribution is 0.0250. The molecule has 0 unspecified atom stereocenters. The highest BCUT2D eigenvalue weighted by atomic mass is 16.3. The van der Waals surface area contributed by atoms with Crippen molar-refractivity contribution in [2.45, 2.75) is 76.5 Å². The Bertz CT molecular complexity index is 738. The van der Waals surface area contributed by atoms with Crippen molar-refractivity contribution in [3.63, 3.8) is 0 Å². The van der Waals surface area contributed by atoms with Gasteiger partial charge in [-0.05, 0) is 74.6 Å². The molecule has 1 aromatic heterocycles. The molecule has 1 heterocycles. The van der Waals surface area contributed by atoms with E-state index in [1.54, 1.807) is 12.1 Å². The zero-order valence-electron chi connectivity index (χ0n) is 16.2. The fourth-order valence-electron chi connectivity index (χ4n) is 5.38. The molecular weight excluding hydrogens is 322 g/mol. The Morgan fingerprint density at radius 1 is 0.962 bits per heavy atom. The van der Waals surface area contributed by atoms with E-state index < -0.39 is 0 Å². The molecule has 4 heteroatoms. The average molecular weight is 354 g/mol. The summed E-state index contributed by atoms with van der Waals surface area (Å²) in [4.78, 5) is 0. The molecule has 4 nitrogen and oxygen atoms in total. The van der Waals surface area contributed by atoms with Crippen LogP contribution >= 0.6 is 0 Å². The summed E-state index contributed by atoms with van der Waals surface area (Å²) in [5.74, 6) is 2.36. The average Bonchev–Trinajstić information content (AvgIpc) is 3.06. The van der Waals surface area contributed by atoms with Crippen LogP contribution in [0.1, 0.15) is 77.0 Å². The highest BCUT2D eigenvalue weighted by Gasteiger charge is 2.51. The van der Waals surface area contributed by atoms with Gasteiger partial charge in [0.15, 0.2) is 5.82 Å². The summed E-state index contributed by atoms with van der Waals surface area (Å²) < 4.78 is 2.20. The highest BCUT2D eigenvalue weighted by molar-refractivity contribution is 5.56. The van der Waals surface area contributed by atoms with Gasteiger partial charge in [0.05, 0.1) is 0 Å². The number of rotatable bonds is 6. The lowest BCUT2D eigenvalue weighted by Crippen LogP contribution is -2.45. The quantitative estimate of drug-likeness (QED) is 0.711. The molecule has 0 saturated heterocycles. The predicted molar refractivity (Wildman–Crippen MR) is 104 cm³/mol. The van der Waals surface area contributed by atoms with E-state index in [1.165, 1.54) is 70.0 Å². The third-order valence-electron chi connectivity index (χ3n) is 7.19. The molecule has 3 fully saturated rings. The van der Waals surface area contributed by atoms with Crippen molar-refractivity contribution in [3.05, 3.63) is 30.1 Å². The van der Waals surface area contributed by atoms with Gasteiger partial charge in [-0.3, -0.25) is 0 Å². The number of fused-ring (bicyclic) bond motifs is 3. The van der Waals surface area contributed by atoms with Crippen molar-refractivity contribution in [1.82, 2.24) is 14.8 Å². The van der Waals surface area contributed by atoms with Gasteiger partial charge in [0.2, 0.25) is 0 Å². The number of hydrogen-bond donors (Lipinski definition) is 1. The number of unbranched alkanes of at least 4 members (excludes halogenated alkanes) is 2. The van der Waals surface area contributed by atoms with E-state index in [1.807, 2.05) is 12.1 Å². The van der Waals surface area contributed by atoms with Crippen molar-refractivity contribution >= 4 is 0 Å². The number of nitrogens with zero attached hydrogens (tertiary/aromatic N) is 3. The minimum atomic E-state index is 0.226. The van der Waals surface area contributed by atoms with Crippen LogP contribution in [0.3, 0.4) is 0 Å². The zero-order chi connectivity index (χ0) is 18.2. The first-order valence-electron chi connectivity index (χ1n) is 10.3. The maximum absolute atomic E-state index is 9.53. The normalized spacial score (nSPS) is 27.8. The van der Waals surface area contributed by atoms with Crippen LogP contribution < -0.4 is 0 Å². The molecule has 3 aliphatic rings. The van der Waals surface area contributed by atoms with Gasteiger partial charge in [0.1, 0.15) is 11.6 Å². The molecule has 3 aliphatic carbocycles. The van der Waals surface area contributed by atoms with Crippen LogP contribution in [0.5, 0.6) is 5.75 Å². The van der Waals surface area contributed by atoms with E-state index in [4.69, 9.17) is 0 Å². The smallest absolute Gasteiger partial charge is 0.163 e.